The molecule has 0 bridgehead atoms. The number of amides is 1. The number of thiazole rings is 1. The van der Waals surface area contributed by atoms with Crippen LogP contribution < -0.4 is 5.32 Å². The monoisotopic (exact) mass is 280 g/mol. The summed E-state index contributed by atoms with van der Waals surface area (Å²) >= 11 is 1.47. The second kappa shape index (κ2) is 4.90. The van der Waals surface area contributed by atoms with Crippen LogP contribution in [0.5, 0.6) is 0 Å². The third-order valence-corrected chi connectivity index (χ3v) is 4.37. The Hall–Kier alpha value is -1.47. The Labute approximate surface area is 114 Å². The summed E-state index contributed by atoms with van der Waals surface area (Å²) in [5, 5.41) is 7.82. The molecule has 1 amide bonds. The van der Waals surface area contributed by atoms with Crippen LogP contribution in [0.25, 0.3) is 10.3 Å². The quantitative estimate of drug-likeness (QED) is 0.909. The maximum Gasteiger partial charge on any atom is 0.231 e. The average Bonchev–Trinajstić information content (AvgIpc) is 2.93. The Bertz CT molecular complexity index is 578. The van der Waals surface area contributed by atoms with Gasteiger partial charge in [0.25, 0.3) is 0 Å². The number of anilines is 1. The fourth-order valence-electron chi connectivity index (χ4n) is 2.29. The molecule has 1 N–H and O–H groups in total. The molecule has 0 radical (unpaired) electrons. The van der Waals surface area contributed by atoms with Gasteiger partial charge < -0.3 is 10.1 Å². The first-order chi connectivity index (χ1) is 9.15. The molecule has 1 aliphatic rings. The van der Waals surface area contributed by atoms with E-state index in [0.717, 1.165) is 35.5 Å². The highest BCUT2D eigenvalue weighted by Crippen LogP contribution is 2.28. The molecule has 2 aromatic rings. The lowest BCUT2D eigenvalue weighted by Crippen LogP contribution is -2.30. The normalized spacial score (nSPS) is 19.8. The topological polar surface area (TPSA) is 69.0 Å². The fourth-order valence-corrected chi connectivity index (χ4v) is 3.23. The van der Waals surface area contributed by atoms with Crippen molar-refractivity contribution in [1.82, 2.24) is 14.8 Å². The van der Waals surface area contributed by atoms with E-state index in [0.29, 0.717) is 11.7 Å². The molecule has 7 heteroatoms. The highest BCUT2D eigenvalue weighted by Gasteiger charge is 2.23. The van der Waals surface area contributed by atoms with Gasteiger partial charge in [-0.1, -0.05) is 11.3 Å². The van der Waals surface area contributed by atoms with Gasteiger partial charge in [0.15, 0.2) is 10.8 Å². The van der Waals surface area contributed by atoms with Gasteiger partial charge in [-0.25, -0.2) is 9.67 Å². The molecular formula is C12H16N4O2S. The van der Waals surface area contributed by atoms with Crippen molar-refractivity contribution in [2.45, 2.75) is 19.8 Å². The summed E-state index contributed by atoms with van der Waals surface area (Å²) in [6.07, 6.45) is 1.83. The molecule has 6 nitrogen and oxygen atoms in total. The van der Waals surface area contributed by atoms with Gasteiger partial charge in [-0.15, -0.1) is 0 Å². The highest BCUT2D eigenvalue weighted by atomic mass is 32.1. The molecule has 3 heterocycles. The van der Waals surface area contributed by atoms with Crippen molar-refractivity contribution in [1.29, 1.82) is 0 Å². The van der Waals surface area contributed by atoms with Crippen LogP contribution >= 0.6 is 11.3 Å². The second-order valence-corrected chi connectivity index (χ2v) is 5.78. The minimum atomic E-state index is -0.0556. The van der Waals surface area contributed by atoms with Crippen molar-refractivity contribution in [2.24, 2.45) is 13.0 Å². The minimum Gasteiger partial charge on any atom is -0.381 e. The Morgan fingerprint density at radius 2 is 2.42 bits per heavy atom. The highest BCUT2D eigenvalue weighted by molar-refractivity contribution is 7.22. The van der Waals surface area contributed by atoms with Crippen molar-refractivity contribution in [3.8, 4) is 0 Å². The zero-order valence-electron chi connectivity index (χ0n) is 11.0. The third kappa shape index (κ3) is 2.35. The van der Waals surface area contributed by atoms with Crippen LogP contribution in [0.1, 0.15) is 18.5 Å². The third-order valence-electron chi connectivity index (χ3n) is 3.31. The fraction of sp³-hybridized carbons (Fsp3) is 0.583. The van der Waals surface area contributed by atoms with Crippen LogP contribution in [-0.2, 0) is 16.6 Å². The van der Waals surface area contributed by atoms with Crippen LogP contribution in [0.2, 0.25) is 0 Å². The number of aryl methyl sites for hydroxylation is 2. The maximum atomic E-state index is 12.1. The van der Waals surface area contributed by atoms with Gasteiger partial charge in [0.1, 0.15) is 0 Å². The van der Waals surface area contributed by atoms with Crippen LogP contribution in [0.3, 0.4) is 0 Å². The van der Waals surface area contributed by atoms with Gasteiger partial charge in [-0.2, -0.15) is 5.10 Å². The maximum absolute atomic E-state index is 12.1. The summed E-state index contributed by atoms with van der Waals surface area (Å²) in [6.45, 7) is 3.22. The molecule has 0 saturated carbocycles. The Balaban J connectivity index is 1.77. The molecule has 102 valence electrons. The molecule has 0 aliphatic carbocycles. The van der Waals surface area contributed by atoms with E-state index in [1.807, 2.05) is 14.0 Å². The Morgan fingerprint density at radius 3 is 3.11 bits per heavy atom. The number of hydrogen-bond acceptors (Lipinski definition) is 5. The Morgan fingerprint density at radius 1 is 1.58 bits per heavy atom. The lowest BCUT2D eigenvalue weighted by molar-refractivity contribution is -0.123. The smallest absolute Gasteiger partial charge is 0.231 e. The van der Waals surface area contributed by atoms with Gasteiger partial charge in [0.05, 0.1) is 22.9 Å². The van der Waals surface area contributed by atoms with E-state index in [-0.39, 0.29) is 11.8 Å². The van der Waals surface area contributed by atoms with Gasteiger partial charge >= 0.3 is 0 Å². The number of ether oxygens (including phenoxy) is 1. The second-order valence-electron chi connectivity index (χ2n) is 4.78. The van der Waals surface area contributed by atoms with Crippen LogP contribution in [-0.4, -0.2) is 33.9 Å². The largest absolute Gasteiger partial charge is 0.381 e. The average molecular weight is 280 g/mol. The zero-order valence-corrected chi connectivity index (χ0v) is 11.8. The van der Waals surface area contributed by atoms with E-state index in [4.69, 9.17) is 4.74 Å². The molecule has 2 aromatic heterocycles. The predicted octanol–water partition coefficient (Wildman–Crippen LogP) is 1.70. The van der Waals surface area contributed by atoms with E-state index in [9.17, 15) is 4.79 Å². The molecule has 1 unspecified atom stereocenters. The number of carbonyl (C=O) groups is 1. The predicted molar refractivity (Wildman–Crippen MR) is 73.3 cm³/mol. The molecule has 19 heavy (non-hydrogen) atoms. The van der Waals surface area contributed by atoms with E-state index < -0.39 is 0 Å². The van der Waals surface area contributed by atoms with E-state index in [2.05, 4.69) is 15.4 Å². The molecule has 0 spiro atoms. The summed E-state index contributed by atoms with van der Waals surface area (Å²) in [6, 6.07) is 0. The molecule has 1 fully saturated rings. The van der Waals surface area contributed by atoms with Crippen LogP contribution in [0, 0.1) is 12.8 Å². The van der Waals surface area contributed by atoms with Crippen molar-refractivity contribution in [2.75, 3.05) is 18.5 Å². The number of carbonyl (C=O) groups excluding carboxylic acids is 1. The zero-order chi connectivity index (χ0) is 13.4. The number of hydrogen-bond donors (Lipinski definition) is 1. The van der Waals surface area contributed by atoms with Crippen molar-refractivity contribution in [3.05, 3.63) is 5.69 Å². The van der Waals surface area contributed by atoms with E-state index in [1.165, 1.54) is 11.3 Å². The molecule has 3 rings (SSSR count). The van der Waals surface area contributed by atoms with Crippen molar-refractivity contribution < 1.29 is 9.53 Å². The summed E-state index contributed by atoms with van der Waals surface area (Å²) in [5.74, 6) is -0.0515. The molecule has 1 aliphatic heterocycles. The van der Waals surface area contributed by atoms with Crippen molar-refractivity contribution in [3.63, 3.8) is 0 Å². The van der Waals surface area contributed by atoms with E-state index in [1.54, 1.807) is 4.68 Å². The lowest BCUT2D eigenvalue weighted by atomic mass is 10.0. The number of nitrogens with one attached hydrogen (secondary N) is 1. The molecule has 1 saturated heterocycles. The minimum absolute atomic E-state index is 0.00404. The van der Waals surface area contributed by atoms with Gasteiger partial charge in [-0.05, 0) is 19.8 Å². The van der Waals surface area contributed by atoms with Gasteiger partial charge in [-0.3, -0.25) is 4.79 Å². The van der Waals surface area contributed by atoms with Crippen LogP contribution in [0.15, 0.2) is 0 Å². The van der Waals surface area contributed by atoms with Gasteiger partial charge in [0, 0.05) is 13.7 Å². The van der Waals surface area contributed by atoms with Crippen molar-refractivity contribution >= 4 is 32.7 Å². The summed E-state index contributed by atoms with van der Waals surface area (Å²) in [4.78, 5) is 16.5. The van der Waals surface area contributed by atoms with E-state index >= 15 is 0 Å². The number of fused-ring (bicyclic) bond motifs is 1. The first-order valence-corrected chi connectivity index (χ1v) is 7.15. The first-order valence-electron chi connectivity index (χ1n) is 6.34. The summed E-state index contributed by atoms with van der Waals surface area (Å²) in [5.41, 5.74) is 1.76. The number of nitrogens with zero attached hydrogens (tertiary/aromatic N) is 3. The van der Waals surface area contributed by atoms with Gasteiger partial charge in [0.2, 0.25) is 5.91 Å². The molecule has 1 atom stereocenters. The summed E-state index contributed by atoms with van der Waals surface area (Å²) < 4.78 is 8.09. The van der Waals surface area contributed by atoms with Crippen LogP contribution in [0.4, 0.5) is 5.13 Å². The lowest BCUT2D eigenvalue weighted by Gasteiger charge is -2.20. The molecule has 0 aromatic carbocycles. The SMILES string of the molecule is Cc1nn(C)c2nc(NC(=O)C3CCCOC3)sc12. The standard InChI is InChI=1S/C12H16N4O2S/c1-7-9-10(16(2)15-7)13-12(19-9)14-11(17)8-4-3-5-18-6-8/h8H,3-6H2,1-2H3,(H,13,14,17). The Kier molecular flexibility index (Phi) is 3.24. The molecular weight excluding hydrogens is 264 g/mol. The first kappa shape index (κ1) is 12.6. The number of rotatable bonds is 2. The summed E-state index contributed by atoms with van der Waals surface area (Å²) in [7, 11) is 1.86. The number of aromatic nitrogens is 3.